The number of aromatic nitrogens is 4. The van der Waals surface area contributed by atoms with Crippen molar-refractivity contribution in [3.8, 4) is 0 Å². The summed E-state index contributed by atoms with van der Waals surface area (Å²) in [6, 6.07) is 8.34. The monoisotopic (exact) mass is 309 g/mol. The highest BCUT2D eigenvalue weighted by molar-refractivity contribution is 5.82. The molecule has 1 aliphatic heterocycles. The number of rotatable bonds is 3. The average Bonchev–Trinajstić information content (AvgIpc) is 3.03. The molecule has 0 saturated carbocycles. The van der Waals surface area contributed by atoms with Crippen molar-refractivity contribution >= 4 is 28.4 Å². The molecule has 0 aliphatic carbocycles. The van der Waals surface area contributed by atoms with Crippen molar-refractivity contribution in [1.82, 2.24) is 25.5 Å². The number of H-pyrrole nitrogens is 1. The number of nitrogens with one attached hydrogen (secondary N) is 3. The summed E-state index contributed by atoms with van der Waals surface area (Å²) in [6.07, 6.45) is 3.62. The Balaban J connectivity index is 1.58. The van der Waals surface area contributed by atoms with Gasteiger partial charge in [0.25, 0.3) is 0 Å². The Labute approximate surface area is 134 Å². The van der Waals surface area contributed by atoms with E-state index in [0.29, 0.717) is 6.04 Å². The van der Waals surface area contributed by atoms with Crippen LogP contribution in [-0.4, -0.2) is 45.8 Å². The van der Waals surface area contributed by atoms with Crippen LogP contribution in [0.3, 0.4) is 0 Å². The van der Waals surface area contributed by atoms with E-state index >= 15 is 0 Å². The highest BCUT2D eigenvalue weighted by Crippen LogP contribution is 2.21. The molecule has 1 unspecified atom stereocenters. The first-order valence-corrected chi connectivity index (χ1v) is 7.80. The van der Waals surface area contributed by atoms with Gasteiger partial charge in [-0.1, -0.05) is 0 Å². The van der Waals surface area contributed by atoms with Crippen LogP contribution in [0.15, 0.2) is 36.7 Å². The van der Waals surface area contributed by atoms with Crippen LogP contribution in [0, 0.1) is 0 Å². The molecule has 7 nitrogen and oxygen atoms in total. The fourth-order valence-corrected chi connectivity index (χ4v) is 2.86. The molecule has 3 aromatic rings. The maximum Gasteiger partial charge on any atom is 0.227 e. The Kier molecular flexibility index (Phi) is 3.55. The zero-order chi connectivity index (χ0) is 15.6. The van der Waals surface area contributed by atoms with Gasteiger partial charge in [0.2, 0.25) is 5.95 Å². The highest BCUT2D eigenvalue weighted by atomic mass is 15.3. The van der Waals surface area contributed by atoms with Gasteiger partial charge in [-0.3, -0.25) is 5.10 Å². The SMILES string of the molecule is CC1CNCCN1c1nccc(Nc2ccc3[nH]ncc3c2)n1. The van der Waals surface area contributed by atoms with Crippen LogP contribution >= 0.6 is 0 Å². The summed E-state index contributed by atoms with van der Waals surface area (Å²) in [4.78, 5) is 11.3. The van der Waals surface area contributed by atoms with Crippen molar-refractivity contribution in [1.29, 1.82) is 0 Å². The van der Waals surface area contributed by atoms with Gasteiger partial charge < -0.3 is 15.5 Å². The summed E-state index contributed by atoms with van der Waals surface area (Å²) in [7, 11) is 0. The summed E-state index contributed by atoms with van der Waals surface area (Å²) >= 11 is 0. The number of fused-ring (bicyclic) bond motifs is 1. The zero-order valence-corrected chi connectivity index (χ0v) is 13.0. The molecule has 2 aromatic heterocycles. The number of anilines is 3. The molecule has 0 amide bonds. The van der Waals surface area contributed by atoms with Gasteiger partial charge in [-0.05, 0) is 31.2 Å². The number of nitrogens with zero attached hydrogens (tertiary/aromatic N) is 4. The minimum atomic E-state index is 0.390. The standard InChI is InChI=1S/C16H19N7/c1-11-9-17-6-7-23(11)16-18-5-4-15(21-16)20-13-2-3-14-12(8-13)10-19-22-14/h2-5,8,10-11,17H,6-7,9H2,1H3,(H,19,22)(H,18,20,21). The summed E-state index contributed by atoms with van der Waals surface area (Å²) in [5.41, 5.74) is 2.01. The molecule has 1 fully saturated rings. The smallest absolute Gasteiger partial charge is 0.227 e. The van der Waals surface area contributed by atoms with E-state index in [9.17, 15) is 0 Å². The molecule has 3 N–H and O–H groups in total. The lowest BCUT2D eigenvalue weighted by molar-refractivity contribution is 0.493. The Bertz CT molecular complexity index is 813. The number of benzene rings is 1. The third-order valence-electron chi connectivity index (χ3n) is 4.11. The van der Waals surface area contributed by atoms with Crippen LogP contribution < -0.4 is 15.5 Å². The molecule has 4 rings (SSSR count). The molecule has 3 heterocycles. The molecule has 1 aliphatic rings. The fraction of sp³-hybridized carbons (Fsp3) is 0.312. The first-order chi connectivity index (χ1) is 11.3. The maximum absolute atomic E-state index is 4.66. The van der Waals surface area contributed by atoms with Crippen molar-refractivity contribution < 1.29 is 0 Å². The van der Waals surface area contributed by atoms with E-state index < -0.39 is 0 Å². The number of hydrogen-bond donors (Lipinski definition) is 3. The third kappa shape index (κ3) is 2.83. The summed E-state index contributed by atoms with van der Waals surface area (Å²) in [5.74, 6) is 1.57. The van der Waals surface area contributed by atoms with Gasteiger partial charge in [-0.2, -0.15) is 10.1 Å². The highest BCUT2D eigenvalue weighted by Gasteiger charge is 2.20. The van der Waals surface area contributed by atoms with Crippen LogP contribution in [0.5, 0.6) is 0 Å². The van der Waals surface area contributed by atoms with E-state index in [0.717, 1.165) is 48.0 Å². The molecule has 1 atom stereocenters. The molecule has 23 heavy (non-hydrogen) atoms. The molecular formula is C16H19N7. The Morgan fingerprint density at radius 2 is 2.26 bits per heavy atom. The average molecular weight is 309 g/mol. The number of aromatic amines is 1. The van der Waals surface area contributed by atoms with E-state index in [1.165, 1.54) is 0 Å². The largest absolute Gasteiger partial charge is 0.340 e. The van der Waals surface area contributed by atoms with Crippen molar-refractivity contribution in [2.45, 2.75) is 13.0 Å². The molecule has 118 valence electrons. The number of hydrogen-bond acceptors (Lipinski definition) is 6. The lowest BCUT2D eigenvalue weighted by atomic mass is 10.2. The van der Waals surface area contributed by atoms with Crippen molar-refractivity contribution in [3.63, 3.8) is 0 Å². The van der Waals surface area contributed by atoms with Crippen LogP contribution in [0.25, 0.3) is 10.9 Å². The Morgan fingerprint density at radius 1 is 1.30 bits per heavy atom. The first-order valence-electron chi connectivity index (χ1n) is 7.80. The Morgan fingerprint density at radius 3 is 3.17 bits per heavy atom. The number of piperazine rings is 1. The molecule has 0 radical (unpaired) electrons. The minimum Gasteiger partial charge on any atom is -0.340 e. The normalized spacial score (nSPS) is 18.3. The quantitative estimate of drug-likeness (QED) is 0.685. The molecule has 0 spiro atoms. The first kappa shape index (κ1) is 14.0. The Hall–Kier alpha value is -2.67. The van der Waals surface area contributed by atoms with E-state index in [2.05, 4.69) is 42.6 Å². The van der Waals surface area contributed by atoms with Crippen LogP contribution in [-0.2, 0) is 0 Å². The van der Waals surface area contributed by atoms with Gasteiger partial charge in [0.05, 0.1) is 11.7 Å². The van der Waals surface area contributed by atoms with E-state index in [4.69, 9.17) is 0 Å². The van der Waals surface area contributed by atoms with Crippen molar-refractivity contribution in [3.05, 3.63) is 36.7 Å². The summed E-state index contributed by atoms with van der Waals surface area (Å²) in [6.45, 7) is 5.02. The fourth-order valence-electron chi connectivity index (χ4n) is 2.86. The van der Waals surface area contributed by atoms with Gasteiger partial charge in [-0.25, -0.2) is 4.98 Å². The molecule has 0 bridgehead atoms. The van der Waals surface area contributed by atoms with E-state index in [1.54, 1.807) is 6.20 Å². The van der Waals surface area contributed by atoms with Gasteiger partial charge in [0.15, 0.2) is 0 Å². The minimum absolute atomic E-state index is 0.390. The molecule has 7 heteroatoms. The summed E-state index contributed by atoms with van der Waals surface area (Å²) < 4.78 is 0. The molecular weight excluding hydrogens is 290 g/mol. The van der Waals surface area contributed by atoms with Gasteiger partial charge in [0.1, 0.15) is 5.82 Å². The maximum atomic E-state index is 4.66. The van der Waals surface area contributed by atoms with Gasteiger partial charge in [0, 0.05) is 42.9 Å². The van der Waals surface area contributed by atoms with Crippen LogP contribution in [0.2, 0.25) is 0 Å². The zero-order valence-electron chi connectivity index (χ0n) is 13.0. The lowest BCUT2D eigenvalue weighted by Crippen LogP contribution is -2.50. The van der Waals surface area contributed by atoms with Crippen LogP contribution in [0.4, 0.5) is 17.5 Å². The lowest BCUT2D eigenvalue weighted by Gasteiger charge is -2.33. The van der Waals surface area contributed by atoms with Crippen molar-refractivity contribution in [2.75, 3.05) is 29.9 Å². The van der Waals surface area contributed by atoms with Gasteiger partial charge in [-0.15, -0.1) is 0 Å². The molecule has 1 saturated heterocycles. The molecule has 1 aromatic carbocycles. The predicted molar refractivity (Wildman–Crippen MR) is 91.1 cm³/mol. The predicted octanol–water partition coefficient (Wildman–Crippen LogP) is 1.89. The topological polar surface area (TPSA) is 81.8 Å². The van der Waals surface area contributed by atoms with Gasteiger partial charge >= 0.3 is 0 Å². The third-order valence-corrected chi connectivity index (χ3v) is 4.11. The van der Waals surface area contributed by atoms with Crippen LogP contribution in [0.1, 0.15) is 6.92 Å². The van der Waals surface area contributed by atoms with E-state index in [-0.39, 0.29) is 0 Å². The summed E-state index contributed by atoms with van der Waals surface area (Å²) in [5, 5.41) is 14.8. The van der Waals surface area contributed by atoms with E-state index in [1.807, 2.05) is 30.5 Å². The van der Waals surface area contributed by atoms with Crippen molar-refractivity contribution in [2.24, 2.45) is 0 Å². The second-order valence-electron chi connectivity index (χ2n) is 5.79. The second kappa shape index (κ2) is 5.85. The second-order valence-corrected chi connectivity index (χ2v) is 5.79.